The Labute approximate surface area is 70.1 Å². The number of hydrogen-bond acceptors (Lipinski definition) is 2. The maximum atomic E-state index is 8.57. The van der Waals surface area contributed by atoms with E-state index in [1.807, 2.05) is 30.3 Å². The lowest BCUT2D eigenvalue weighted by molar-refractivity contribution is 0.569. The van der Waals surface area contributed by atoms with E-state index < -0.39 is 0 Å². The van der Waals surface area contributed by atoms with Gasteiger partial charge in [-0.15, -0.1) is 0 Å². The third-order valence-electron chi connectivity index (χ3n) is 1.36. The number of para-hydroxylation sites is 1. The summed E-state index contributed by atoms with van der Waals surface area (Å²) in [6.07, 6.45) is 1.70. The Kier molecular flexibility index (Phi) is 2.88. The number of fused-ring (bicyclic) bond motifs is 1. The summed E-state index contributed by atoms with van der Waals surface area (Å²) >= 11 is 0. The summed E-state index contributed by atoms with van der Waals surface area (Å²) in [7, 11) is 0. The Morgan fingerprint density at radius 1 is 1.25 bits per heavy atom. The van der Waals surface area contributed by atoms with E-state index in [0.29, 0.717) is 0 Å². The monoisotopic (exact) mass is 160 g/mol. The van der Waals surface area contributed by atoms with Gasteiger partial charge in [-0.1, -0.05) is 18.2 Å². The van der Waals surface area contributed by atoms with Crippen molar-refractivity contribution in [3.63, 3.8) is 0 Å². The van der Waals surface area contributed by atoms with Crippen molar-refractivity contribution in [1.82, 2.24) is 0 Å². The van der Waals surface area contributed by atoms with Gasteiger partial charge in [-0.25, -0.2) is 4.79 Å². The van der Waals surface area contributed by atoms with Crippen LogP contribution in [0.25, 0.3) is 11.0 Å². The standard InChI is InChI=1S/C8H6O.C2H2O/c1-2-4-8-7(3-1)5-6-9-8;1-2-3/h1-6H;1H2. The molecule has 0 saturated carbocycles. The Morgan fingerprint density at radius 2 is 1.92 bits per heavy atom. The third-order valence-corrected chi connectivity index (χ3v) is 1.36. The fourth-order valence-corrected chi connectivity index (χ4v) is 0.906. The highest BCUT2D eigenvalue weighted by Crippen LogP contribution is 2.12. The Balaban J connectivity index is 0.000000213. The van der Waals surface area contributed by atoms with Gasteiger partial charge in [0.1, 0.15) is 11.5 Å². The molecule has 1 heterocycles. The second-order valence-electron chi connectivity index (χ2n) is 2.10. The highest BCUT2D eigenvalue weighted by molar-refractivity contribution is 5.76. The van der Waals surface area contributed by atoms with Gasteiger partial charge in [0.05, 0.1) is 6.26 Å². The number of furan rings is 1. The lowest BCUT2D eigenvalue weighted by Crippen LogP contribution is -1.57. The van der Waals surface area contributed by atoms with Crippen LogP contribution in [0.4, 0.5) is 0 Å². The summed E-state index contributed by atoms with van der Waals surface area (Å²) in [4.78, 5) is 8.57. The highest BCUT2D eigenvalue weighted by Gasteiger charge is 1.89. The molecular formula is C10H8O2. The summed E-state index contributed by atoms with van der Waals surface area (Å²) in [6.45, 7) is 2.68. The van der Waals surface area contributed by atoms with Crippen molar-refractivity contribution in [3.8, 4) is 0 Å². The van der Waals surface area contributed by atoms with Crippen LogP contribution in [0.3, 0.4) is 0 Å². The van der Waals surface area contributed by atoms with Crippen LogP contribution in [-0.2, 0) is 4.79 Å². The van der Waals surface area contributed by atoms with E-state index in [4.69, 9.17) is 9.21 Å². The van der Waals surface area contributed by atoms with Crippen molar-refractivity contribution in [2.75, 3.05) is 0 Å². The van der Waals surface area contributed by atoms with Gasteiger partial charge in [0.2, 0.25) is 0 Å². The smallest absolute Gasteiger partial charge is 0.133 e. The van der Waals surface area contributed by atoms with Crippen molar-refractivity contribution in [3.05, 3.63) is 43.2 Å². The molecule has 0 saturated heterocycles. The second kappa shape index (κ2) is 4.16. The van der Waals surface area contributed by atoms with Crippen LogP contribution in [0, 0.1) is 0 Å². The summed E-state index contributed by atoms with van der Waals surface area (Å²) in [5, 5.41) is 1.16. The molecule has 0 spiro atoms. The first-order chi connectivity index (χ1) is 5.88. The van der Waals surface area contributed by atoms with E-state index in [0.717, 1.165) is 11.0 Å². The van der Waals surface area contributed by atoms with Crippen molar-refractivity contribution >= 4 is 16.9 Å². The minimum absolute atomic E-state index is 0.956. The molecule has 2 nitrogen and oxygen atoms in total. The molecule has 0 N–H and O–H groups in total. The van der Waals surface area contributed by atoms with Gasteiger partial charge < -0.3 is 4.42 Å². The van der Waals surface area contributed by atoms with Crippen LogP contribution in [0.15, 0.2) is 47.6 Å². The van der Waals surface area contributed by atoms with E-state index in [1.54, 1.807) is 6.26 Å². The zero-order valence-electron chi connectivity index (χ0n) is 6.49. The van der Waals surface area contributed by atoms with E-state index in [1.165, 1.54) is 5.94 Å². The Morgan fingerprint density at radius 3 is 2.58 bits per heavy atom. The largest absolute Gasteiger partial charge is 0.464 e. The molecule has 0 fully saturated rings. The average Bonchev–Trinajstić information content (AvgIpc) is 2.52. The zero-order chi connectivity index (χ0) is 8.81. The minimum atomic E-state index is 0.956. The first-order valence-corrected chi connectivity index (χ1v) is 3.45. The van der Waals surface area contributed by atoms with Crippen molar-refractivity contribution in [1.29, 1.82) is 0 Å². The zero-order valence-corrected chi connectivity index (χ0v) is 6.49. The number of hydrogen-bond donors (Lipinski definition) is 0. The summed E-state index contributed by atoms with van der Waals surface area (Å²) < 4.78 is 5.12. The van der Waals surface area contributed by atoms with E-state index >= 15 is 0 Å². The number of rotatable bonds is 0. The molecule has 2 rings (SSSR count). The predicted molar refractivity (Wildman–Crippen MR) is 47.5 cm³/mol. The topological polar surface area (TPSA) is 30.2 Å². The van der Waals surface area contributed by atoms with Gasteiger partial charge >= 0.3 is 0 Å². The number of carbonyl (C=O) groups excluding carboxylic acids is 1. The van der Waals surface area contributed by atoms with Gasteiger partial charge in [0.15, 0.2) is 0 Å². The Bertz CT molecular complexity index is 351. The van der Waals surface area contributed by atoms with Crippen LogP contribution >= 0.6 is 0 Å². The van der Waals surface area contributed by atoms with E-state index in [2.05, 4.69) is 6.58 Å². The van der Waals surface area contributed by atoms with Gasteiger partial charge in [0, 0.05) is 5.39 Å². The molecule has 1 aromatic heterocycles. The minimum Gasteiger partial charge on any atom is -0.464 e. The molecule has 0 amide bonds. The first-order valence-electron chi connectivity index (χ1n) is 3.45. The molecule has 0 atom stereocenters. The maximum Gasteiger partial charge on any atom is 0.133 e. The summed E-state index contributed by atoms with van der Waals surface area (Å²) in [5.74, 6) is 1.25. The van der Waals surface area contributed by atoms with Crippen molar-refractivity contribution in [2.24, 2.45) is 0 Å². The van der Waals surface area contributed by atoms with Gasteiger partial charge in [-0.05, 0) is 18.7 Å². The SMILES string of the molecule is C=C=O.c1ccc2occc2c1. The lowest BCUT2D eigenvalue weighted by Gasteiger charge is -1.81. The van der Waals surface area contributed by atoms with E-state index in [9.17, 15) is 0 Å². The van der Waals surface area contributed by atoms with Crippen LogP contribution in [0.1, 0.15) is 0 Å². The molecule has 0 radical (unpaired) electrons. The predicted octanol–water partition coefficient (Wildman–Crippen LogP) is 2.44. The summed E-state index contributed by atoms with van der Waals surface area (Å²) in [5.41, 5.74) is 0.956. The average molecular weight is 160 g/mol. The molecular weight excluding hydrogens is 152 g/mol. The second-order valence-corrected chi connectivity index (χ2v) is 2.10. The van der Waals surface area contributed by atoms with Crippen LogP contribution in [-0.4, -0.2) is 5.94 Å². The van der Waals surface area contributed by atoms with Gasteiger partial charge in [-0.2, -0.15) is 0 Å². The summed E-state index contributed by atoms with van der Waals surface area (Å²) in [6, 6.07) is 9.90. The molecule has 0 aliphatic carbocycles. The van der Waals surface area contributed by atoms with Crippen molar-refractivity contribution in [2.45, 2.75) is 0 Å². The van der Waals surface area contributed by atoms with E-state index in [-0.39, 0.29) is 0 Å². The van der Waals surface area contributed by atoms with Crippen LogP contribution in [0.2, 0.25) is 0 Å². The van der Waals surface area contributed by atoms with Gasteiger partial charge in [-0.3, -0.25) is 0 Å². The molecule has 0 aliphatic rings. The quantitative estimate of drug-likeness (QED) is 0.554. The lowest BCUT2D eigenvalue weighted by atomic mass is 10.3. The molecule has 60 valence electrons. The van der Waals surface area contributed by atoms with Crippen molar-refractivity contribution < 1.29 is 9.21 Å². The number of benzene rings is 1. The maximum absolute atomic E-state index is 8.57. The van der Waals surface area contributed by atoms with Crippen LogP contribution in [0.5, 0.6) is 0 Å². The third kappa shape index (κ3) is 1.84. The molecule has 0 bridgehead atoms. The fourth-order valence-electron chi connectivity index (χ4n) is 0.906. The molecule has 2 heteroatoms. The van der Waals surface area contributed by atoms with Gasteiger partial charge in [0.25, 0.3) is 0 Å². The Hall–Kier alpha value is -1.79. The van der Waals surface area contributed by atoms with Crippen LogP contribution < -0.4 is 0 Å². The molecule has 1 aromatic carbocycles. The molecule has 0 aliphatic heterocycles. The highest BCUT2D eigenvalue weighted by atomic mass is 16.3. The first kappa shape index (κ1) is 8.31. The normalized spacial score (nSPS) is 8.33. The fraction of sp³-hybridized carbons (Fsp3) is 0. The molecule has 12 heavy (non-hydrogen) atoms. The molecule has 2 aromatic rings. The molecule has 0 unspecified atom stereocenters.